The van der Waals surface area contributed by atoms with Gasteiger partial charge in [-0.05, 0) is 37.1 Å². The van der Waals surface area contributed by atoms with E-state index in [1.54, 1.807) is 12.1 Å². The molecule has 0 atom stereocenters. The number of para-hydroxylation sites is 1. The summed E-state index contributed by atoms with van der Waals surface area (Å²) in [6, 6.07) is 9.03. The van der Waals surface area contributed by atoms with Gasteiger partial charge in [-0.1, -0.05) is 23.7 Å². The lowest BCUT2D eigenvalue weighted by atomic mass is 10.2. The summed E-state index contributed by atoms with van der Waals surface area (Å²) in [5.41, 5.74) is 0.710. The summed E-state index contributed by atoms with van der Waals surface area (Å²) >= 11 is 5.92. The number of rotatable bonds is 5. The van der Waals surface area contributed by atoms with Gasteiger partial charge in [-0.15, -0.1) is 0 Å². The van der Waals surface area contributed by atoms with Crippen molar-refractivity contribution in [3.8, 4) is 11.5 Å². The summed E-state index contributed by atoms with van der Waals surface area (Å²) in [7, 11) is 0. The maximum Gasteiger partial charge on any atom is 0.167 e. The number of hydrogen-bond donors (Lipinski definition) is 1. The standard InChI is InChI=1S/C16H14ClF2NO/c17-13-8-11(18)4-7-15(13)21-16-10(2-1-3-14(16)19)9-20-12-5-6-12/h1-4,7-8,12,20H,5-6,9H2. The van der Waals surface area contributed by atoms with Crippen molar-refractivity contribution in [1.82, 2.24) is 5.32 Å². The van der Waals surface area contributed by atoms with Gasteiger partial charge in [0, 0.05) is 18.2 Å². The van der Waals surface area contributed by atoms with Crippen LogP contribution in [-0.2, 0) is 6.54 Å². The third kappa shape index (κ3) is 3.52. The second kappa shape index (κ2) is 6.00. The number of benzene rings is 2. The van der Waals surface area contributed by atoms with Crippen LogP contribution in [0.15, 0.2) is 36.4 Å². The first kappa shape index (κ1) is 14.3. The Balaban J connectivity index is 1.85. The Morgan fingerprint density at radius 3 is 2.71 bits per heavy atom. The molecule has 0 bridgehead atoms. The zero-order valence-corrected chi connectivity index (χ0v) is 12.0. The Morgan fingerprint density at radius 1 is 1.19 bits per heavy atom. The molecular formula is C16H14ClF2NO. The Bertz CT molecular complexity index is 659. The molecular weight excluding hydrogens is 296 g/mol. The van der Waals surface area contributed by atoms with E-state index >= 15 is 0 Å². The van der Waals surface area contributed by atoms with Crippen LogP contribution in [0.25, 0.3) is 0 Å². The van der Waals surface area contributed by atoms with E-state index in [1.165, 1.54) is 18.2 Å². The van der Waals surface area contributed by atoms with Crippen LogP contribution in [0.4, 0.5) is 8.78 Å². The fraction of sp³-hybridized carbons (Fsp3) is 0.250. The minimum Gasteiger partial charge on any atom is -0.452 e. The molecule has 0 radical (unpaired) electrons. The first-order chi connectivity index (χ1) is 10.1. The molecule has 0 amide bonds. The molecule has 110 valence electrons. The van der Waals surface area contributed by atoms with Gasteiger partial charge in [0.1, 0.15) is 11.6 Å². The Kier molecular flexibility index (Phi) is 4.08. The van der Waals surface area contributed by atoms with Crippen LogP contribution >= 0.6 is 11.6 Å². The quantitative estimate of drug-likeness (QED) is 0.867. The Hall–Kier alpha value is -1.65. The summed E-state index contributed by atoms with van der Waals surface area (Å²) < 4.78 is 32.6. The van der Waals surface area contributed by atoms with E-state index in [0.717, 1.165) is 18.9 Å². The fourth-order valence-electron chi connectivity index (χ4n) is 2.02. The highest BCUT2D eigenvalue weighted by atomic mass is 35.5. The minimum atomic E-state index is -0.467. The molecule has 1 aliphatic carbocycles. The predicted octanol–water partition coefficient (Wildman–Crippen LogP) is 4.66. The molecule has 5 heteroatoms. The third-order valence-electron chi connectivity index (χ3n) is 3.31. The van der Waals surface area contributed by atoms with Crippen LogP contribution in [0.2, 0.25) is 5.02 Å². The molecule has 2 aromatic rings. The van der Waals surface area contributed by atoms with Gasteiger partial charge >= 0.3 is 0 Å². The SMILES string of the molecule is Fc1ccc(Oc2c(F)cccc2CNC2CC2)c(Cl)c1. The number of nitrogens with one attached hydrogen (secondary N) is 1. The van der Waals surface area contributed by atoms with Crippen LogP contribution in [0, 0.1) is 11.6 Å². The van der Waals surface area contributed by atoms with Crippen molar-refractivity contribution in [2.45, 2.75) is 25.4 Å². The number of hydrogen-bond acceptors (Lipinski definition) is 2. The normalized spacial score (nSPS) is 14.2. The molecule has 1 N–H and O–H groups in total. The maximum absolute atomic E-state index is 14.0. The van der Waals surface area contributed by atoms with E-state index in [1.807, 2.05) is 0 Å². The van der Waals surface area contributed by atoms with Gasteiger partial charge < -0.3 is 10.1 Å². The predicted molar refractivity (Wildman–Crippen MR) is 77.7 cm³/mol. The smallest absolute Gasteiger partial charge is 0.167 e. The lowest BCUT2D eigenvalue weighted by Crippen LogP contribution is -2.16. The van der Waals surface area contributed by atoms with Gasteiger partial charge in [0.05, 0.1) is 5.02 Å². The summed E-state index contributed by atoms with van der Waals surface area (Å²) in [4.78, 5) is 0. The van der Waals surface area contributed by atoms with Crippen molar-refractivity contribution in [2.75, 3.05) is 0 Å². The average Bonchev–Trinajstić information content (AvgIpc) is 3.26. The highest BCUT2D eigenvalue weighted by molar-refractivity contribution is 6.32. The van der Waals surface area contributed by atoms with Crippen molar-refractivity contribution < 1.29 is 13.5 Å². The zero-order valence-electron chi connectivity index (χ0n) is 11.2. The van der Waals surface area contributed by atoms with E-state index in [2.05, 4.69) is 5.32 Å². The molecule has 2 nitrogen and oxygen atoms in total. The van der Waals surface area contributed by atoms with Crippen molar-refractivity contribution in [2.24, 2.45) is 0 Å². The molecule has 1 saturated carbocycles. The van der Waals surface area contributed by atoms with E-state index in [0.29, 0.717) is 18.2 Å². The largest absolute Gasteiger partial charge is 0.452 e. The van der Waals surface area contributed by atoms with Gasteiger partial charge in [0.15, 0.2) is 11.6 Å². The Morgan fingerprint density at radius 2 is 2.00 bits per heavy atom. The van der Waals surface area contributed by atoms with Gasteiger partial charge in [-0.2, -0.15) is 0 Å². The summed E-state index contributed by atoms with van der Waals surface area (Å²) in [6.07, 6.45) is 2.30. The van der Waals surface area contributed by atoms with Gasteiger partial charge in [0.25, 0.3) is 0 Å². The fourth-order valence-corrected chi connectivity index (χ4v) is 2.22. The number of halogens is 3. The van der Waals surface area contributed by atoms with Crippen LogP contribution in [-0.4, -0.2) is 6.04 Å². The van der Waals surface area contributed by atoms with Crippen molar-refractivity contribution in [1.29, 1.82) is 0 Å². The van der Waals surface area contributed by atoms with Gasteiger partial charge in [0.2, 0.25) is 0 Å². The topological polar surface area (TPSA) is 21.3 Å². The molecule has 0 aliphatic heterocycles. The van der Waals surface area contributed by atoms with Gasteiger partial charge in [-0.25, -0.2) is 8.78 Å². The molecule has 0 aromatic heterocycles. The molecule has 2 aromatic carbocycles. The van der Waals surface area contributed by atoms with Crippen LogP contribution in [0.5, 0.6) is 11.5 Å². The van der Waals surface area contributed by atoms with E-state index in [-0.39, 0.29) is 16.5 Å². The highest BCUT2D eigenvalue weighted by Gasteiger charge is 2.21. The molecule has 0 heterocycles. The van der Waals surface area contributed by atoms with Crippen molar-refractivity contribution >= 4 is 11.6 Å². The lowest BCUT2D eigenvalue weighted by molar-refractivity contribution is 0.432. The van der Waals surface area contributed by atoms with E-state index in [4.69, 9.17) is 16.3 Å². The van der Waals surface area contributed by atoms with Crippen LogP contribution in [0.1, 0.15) is 18.4 Å². The molecule has 0 spiro atoms. The lowest BCUT2D eigenvalue weighted by Gasteiger charge is -2.13. The first-order valence-electron chi connectivity index (χ1n) is 6.77. The second-order valence-electron chi connectivity index (χ2n) is 5.06. The first-order valence-corrected chi connectivity index (χ1v) is 7.15. The summed E-state index contributed by atoms with van der Waals surface area (Å²) in [6.45, 7) is 0.524. The maximum atomic E-state index is 14.0. The molecule has 21 heavy (non-hydrogen) atoms. The van der Waals surface area contributed by atoms with Crippen LogP contribution < -0.4 is 10.1 Å². The molecule has 3 rings (SSSR count). The summed E-state index contributed by atoms with van der Waals surface area (Å²) in [5.74, 6) is -0.572. The van der Waals surface area contributed by atoms with Gasteiger partial charge in [-0.3, -0.25) is 0 Å². The molecule has 0 saturated heterocycles. The Labute approximate surface area is 126 Å². The van der Waals surface area contributed by atoms with E-state index < -0.39 is 11.6 Å². The minimum absolute atomic E-state index is 0.111. The average molecular weight is 310 g/mol. The second-order valence-corrected chi connectivity index (χ2v) is 5.47. The molecule has 0 unspecified atom stereocenters. The molecule has 1 aliphatic rings. The van der Waals surface area contributed by atoms with Crippen LogP contribution in [0.3, 0.4) is 0 Å². The van der Waals surface area contributed by atoms with Crippen molar-refractivity contribution in [3.63, 3.8) is 0 Å². The zero-order chi connectivity index (χ0) is 14.8. The third-order valence-corrected chi connectivity index (χ3v) is 3.61. The van der Waals surface area contributed by atoms with Crippen molar-refractivity contribution in [3.05, 3.63) is 58.6 Å². The number of ether oxygens (including phenoxy) is 1. The summed E-state index contributed by atoms with van der Waals surface area (Å²) in [5, 5.41) is 3.42. The molecule has 1 fully saturated rings. The highest BCUT2D eigenvalue weighted by Crippen LogP contribution is 2.33. The van der Waals surface area contributed by atoms with E-state index in [9.17, 15) is 8.78 Å². The monoisotopic (exact) mass is 309 g/mol.